The molecule has 1 atom stereocenters. The van der Waals surface area contributed by atoms with Crippen molar-refractivity contribution in [1.82, 2.24) is 10.2 Å². The van der Waals surface area contributed by atoms with Crippen molar-refractivity contribution in [2.24, 2.45) is 5.10 Å². The van der Waals surface area contributed by atoms with Crippen LogP contribution in [0.15, 0.2) is 41.5 Å². The molecule has 2 N–H and O–H groups in total. The highest BCUT2D eigenvalue weighted by Gasteiger charge is 2.37. The number of nitrogens with zero attached hydrogens (tertiary/aromatic N) is 4. The summed E-state index contributed by atoms with van der Waals surface area (Å²) in [6.45, 7) is 2.01. The molecule has 0 saturated carbocycles. The first-order valence-corrected chi connectivity index (χ1v) is 10.2. The molecule has 1 unspecified atom stereocenters. The van der Waals surface area contributed by atoms with E-state index < -0.39 is 11.2 Å². The first-order chi connectivity index (χ1) is 14.8. The molecule has 0 fully saturated rings. The van der Waals surface area contributed by atoms with E-state index in [-0.39, 0.29) is 18.0 Å². The highest BCUT2D eigenvalue weighted by atomic mass is 32.1. The van der Waals surface area contributed by atoms with Crippen LogP contribution in [-0.2, 0) is 12.6 Å². The number of halogens is 3. The van der Waals surface area contributed by atoms with Crippen LogP contribution in [0.4, 0.5) is 24.0 Å². The third-order valence-corrected chi connectivity index (χ3v) is 5.99. The molecule has 11 heteroatoms. The number of aromatic nitrogens is 2. The van der Waals surface area contributed by atoms with Crippen molar-refractivity contribution in [3.05, 3.63) is 58.1 Å². The Morgan fingerprint density at radius 2 is 1.81 bits per heavy atom. The van der Waals surface area contributed by atoms with Crippen molar-refractivity contribution in [2.45, 2.75) is 25.6 Å². The molecule has 0 saturated heterocycles. The van der Waals surface area contributed by atoms with Gasteiger partial charge < -0.3 is 15.2 Å². The summed E-state index contributed by atoms with van der Waals surface area (Å²) >= 11 is 0.462. The maximum absolute atomic E-state index is 13.1. The first-order valence-electron chi connectivity index (χ1n) is 9.37. The lowest BCUT2D eigenvalue weighted by molar-refractivity contribution is -0.138. The molecule has 0 amide bonds. The van der Waals surface area contributed by atoms with E-state index in [1.807, 2.05) is 31.2 Å². The number of hydrazone groups is 1. The van der Waals surface area contributed by atoms with Gasteiger partial charge in [-0.1, -0.05) is 23.5 Å². The van der Waals surface area contributed by atoms with Crippen LogP contribution in [0, 0.1) is 0 Å². The number of nitrogen functional groups attached to an aromatic ring is 1. The molecule has 0 aliphatic carbocycles. The number of rotatable bonds is 2. The van der Waals surface area contributed by atoms with Gasteiger partial charge in [0.2, 0.25) is 16.9 Å². The van der Waals surface area contributed by atoms with Crippen LogP contribution < -0.4 is 20.2 Å². The van der Waals surface area contributed by atoms with Gasteiger partial charge in [0.05, 0.1) is 11.8 Å². The molecule has 2 aliphatic rings. The summed E-state index contributed by atoms with van der Waals surface area (Å²) in [7, 11) is 0. The van der Waals surface area contributed by atoms with E-state index in [4.69, 9.17) is 20.3 Å². The second-order valence-electron chi connectivity index (χ2n) is 7.22. The van der Waals surface area contributed by atoms with Crippen molar-refractivity contribution in [3.63, 3.8) is 0 Å². The van der Waals surface area contributed by atoms with Crippen LogP contribution in [0.5, 0.6) is 11.5 Å². The fourth-order valence-corrected chi connectivity index (χ4v) is 4.31. The predicted molar refractivity (Wildman–Crippen MR) is 110 cm³/mol. The van der Waals surface area contributed by atoms with E-state index in [0.29, 0.717) is 40.7 Å². The Labute approximate surface area is 178 Å². The topological polar surface area (TPSA) is 85.9 Å². The van der Waals surface area contributed by atoms with E-state index >= 15 is 0 Å². The summed E-state index contributed by atoms with van der Waals surface area (Å²) in [5.74, 6) is 1.23. The summed E-state index contributed by atoms with van der Waals surface area (Å²) in [5.41, 5.74) is 9.50. The highest BCUT2D eigenvalue weighted by Crippen LogP contribution is 2.40. The normalized spacial score (nSPS) is 17.9. The average molecular weight is 447 g/mol. The van der Waals surface area contributed by atoms with Crippen LogP contribution in [-0.4, -0.2) is 28.7 Å². The van der Waals surface area contributed by atoms with Gasteiger partial charge in [-0.15, -0.1) is 10.2 Å². The Balaban J connectivity index is 1.67. The minimum absolute atomic E-state index is 0.0700. The zero-order chi connectivity index (χ0) is 21.8. The Morgan fingerprint density at radius 3 is 2.48 bits per heavy atom. The van der Waals surface area contributed by atoms with E-state index in [1.54, 1.807) is 12.1 Å². The number of hydrogen-bond acceptors (Lipinski definition) is 8. The van der Waals surface area contributed by atoms with Gasteiger partial charge in [0.25, 0.3) is 0 Å². The molecule has 7 nitrogen and oxygen atoms in total. The van der Waals surface area contributed by atoms with Gasteiger partial charge in [-0.05, 0) is 43.2 Å². The standard InChI is InChI=1S/C20H16F3N5O2S/c1-10-6-12-7-15-16(30-9-29-15)8-14(12)17(11-2-4-13(24)5-3-11)27-28(10)19-26-25-18(31-19)20(21,22)23/h2-5,7-8,10H,6,9,24H2,1H3. The quantitative estimate of drug-likeness (QED) is 0.596. The van der Waals surface area contributed by atoms with Gasteiger partial charge in [-0.3, -0.25) is 0 Å². The maximum Gasteiger partial charge on any atom is 0.445 e. The van der Waals surface area contributed by atoms with Crippen molar-refractivity contribution in [3.8, 4) is 11.5 Å². The number of ether oxygens (including phenoxy) is 2. The minimum atomic E-state index is -4.56. The second-order valence-corrected chi connectivity index (χ2v) is 8.17. The molecule has 3 aromatic rings. The van der Waals surface area contributed by atoms with Gasteiger partial charge in [0.1, 0.15) is 0 Å². The van der Waals surface area contributed by atoms with Crippen molar-refractivity contribution >= 4 is 27.9 Å². The minimum Gasteiger partial charge on any atom is -0.454 e. The first kappa shape index (κ1) is 19.6. The van der Waals surface area contributed by atoms with E-state index in [0.717, 1.165) is 16.7 Å². The van der Waals surface area contributed by atoms with Gasteiger partial charge in [0, 0.05) is 16.8 Å². The van der Waals surface area contributed by atoms with Gasteiger partial charge in [-0.25, -0.2) is 5.01 Å². The lowest BCUT2D eigenvalue weighted by atomic mass is 9.94. The number of benzene rings is 2. The van der Waals surface area contributed by atoms with Crippen LogP contribution in [0.2, 0.25) is 0 Å². The van der Waals surface area contributed by atoms with Crippen molar-refractivity contribution in [2.75, 3.05) is 17.5 Å². The van der Waals surface area contributed by atoms with Gasteiger partial charge >= 0.3 is 6.18 Å². The fourth-order valence-electron chi connectivity index (χ4n) is 3.55. The molecule has 2 aliphatic heterocycles. The Kier molecular flexibility index (Phi) is 4.50. The Bertz CT molecular complexity index is 1180. The monoisotopic (exact) mass is 447 g/mol. The Hall–Kier alpha value is -3.34. The van der Waals surface area contributed by atoms with Crippen LogP contribution in [0.25, 0.3) is 0 Å². The van der Waals surface area contributed by atoms with Crippen LogP contribution in [0.3, 0.4) is 0 Å². The molecule has 31 heavy (non-hydrogen) atoms. The highest BCUT2D eigenvalue weighted by molar-refractivity contribution is 7.15. The fraction of sp³-hybridized carbons (Fsp3) is 0.250. The van der Waals surface area contributed by atoms with E-state index in [2.05, 4.69) is 10.2 Å². The molecule has 0 radical (unpaired) electrons. The zero-order valence-electron chi connectivity index (χ0n) is 16.2. The Morgan fingerprint density at radius 1 is 1.10 bits per heavy atom. The number of anilines is 2. The molecular weight excluding hydrogens is 431 g/mol. The number of hydrogen-bond donors (Lipinski definition) is 1. The van der Waals surface area contributed by atoms with Crippen molar-refractivity contribution in [1.29, 1.82) is 0 Å². The average Bonchev–Trinajstić information content (AvgIpc) is 3.36. The number of nitrogens with two attached hydrogens (primary N) is 1. The lowest BCUT2D eigenvalue weighted by Crippen LogP contribution is -2.29. The molecule has 5 rings (SSSR count). The number of alkyl halides is 3. The summed E-state index contributed by atoms with van der Waals surface area (Å²) in [6, 6.07) is 10.6. The molecule has 0 spiro atoms. The molecule has 2 aromatic carbocycles. The molecule has 3 heterocycles. The summed E-state index contributed by atoms with van der Waals surface area (Å²) in [6.07, 6.45) is -4.05. The predicted octanol–water partition coefficient (Wildman–Crippen LogP) is 4.07. The van der Waals surface area contributed by atoms with E-state index in [9.17, 15) is 13.2 Å². The van der Waals surface area contributed by atoms with Crippen molar-refractivity contribution < 1.29 is 22.6 Å². The second kappa shape index (κ2) is 7.12. The van der Waals surface area contributed by atoms with Gasteiger partial charge in [-0.2, -0.15) is 18.3 Å². The zero-order valence-corrected chi connectivity index (χ0v) is 17.0. The lowest BCUT2D eigenvalue weighted by Gasteiger charge is -2.21. The smallest absolute Gasteiger partial charge is 0.445 e. The molecule has 1 aromatic heterocycles. The van der Waals surface area contributed by atoms with Crippen LogP contribution >= 0.6 is 11.3 Å². The molecule has 160 valence electrons. The summed E-state index contributed by atoms with van der Waals surface area (Å²) < 4.78 is 50.3. The SMILES string of the molecule is CC1Cc2cc3c(cc2C(c2ccc(N)cc2)=NN1c1nnc(C(F)(F)F)s1)OCO3. The van der Waals surface area contributed by atoms with Crippen LogP contribution in [0.1, 0.15) is 28.6 Å². The van der Waals surface area contributed by atoms with E-state index in [1.165, 1.54) is 5.01 Å². The summed E-state index contributed by atoms with van der Waals surface area (Å²) in [5, 5.41) is 12.4. The largest absolute Gasteiger partial charge is 0.454 e. The molecular formula is C20H16F3N5O2S. The van der Waals surface area contributed by atoms with Gasteiger partial charge in [0.15, 0.2) is 11.5 Å². The number of fused-ring (bicyclic) bond motifs is 2. The third kappa shape index (κ3) is 3.54. The maximum atomic E-state index is 13.1. The molecule has 0 bridgehead atoms. The summed E-state index contributed by atoms with van der Waals surface area (Å²) in [4.78, 5) is 0. The third-order valence-electron chi connectivity index (χ3n) is 5.03.